The van der Waals surface area contributed by atoms with E-state index >= 15 is 0 Å². The van der Waals surface area contributed by atoms with Crippen LogP contribution >= 0.6 is 0 Å². The van der Waals surface area contributed by atoms with Crippen molar-refractivity contribution in [3.8, 4) is 0 Å². The molecular formula is C16H16NO3-. The molecule has 0 aliphatic heterocycles. The third kappa shape index (κ3) is 2.01. The zero-order valence-corrected chi connectivity index (χ0v) is 11.2. The molecule has 0 spiro atoms. The first-order valence-electron chi connectivity index (χ1n) is 6.83. The molecule has 2 bridgehead atoms. The molecule has 2 aliphatic rings. The van der Waals surface area contributed by atoms with E-state index in [-0.39, 0.29) is 17.7 Å². The molecule has 1 N–H and O–H groups in total. The van der Waals surface area contributed by atoms with Gasteiger partial charge >= 0.3 is 0 Å². The first-order chi connectivity index (χ1) is 9.58. The molecule has 2 aliphatic carbocycles. The van der Waals surface area contributed by atoms with Gasteiger partial charge in [-0.1, -0.05) is 30.4 Å². The lowest BCUT2D eigenvalue weighted by atomic mass is 9.82. The van der Waals surface area contributed by atoms with Crippen LogP contribution in [0.1, 0.15) is 12.0 Å². The molecular weight excluding hydrogens is 254 g/mol. The standard InChI is InChI=1S/C16H17NO3/c1-9-4-2-3-5-12(9)17-15(18)13-10-6-7-11(8-10)14(13)16(19)20/h2-7,10-11,13-14H,8H2,1H3,(H,17,18)(H,19,20)/p-1/t10-,11+,13+,14+/m1/s1. The zero-order chi connectivity index (χ0) is 14.3. The second-order valence-corrected chi connectivity index (χ2v) is 5.62. The second kappa shape index (κ2) is 4.78. The third-order valence-corrected chi connectivity index (χ3v) is 4.44. The van der Waals surface area contributed by atoms with Crippen molar-refractivity contribution in [1.29, 1.82) is 0 Å². The van der Waals surface area contributed by atoms with E-state index < -0.39 is 17.8 Å². The maximum absolute atomic E-state index is 12.4. The lowest BCUT2D eigenvalue weighted by molar-refractivity contribution is -0.313. The van der Waals surface area contributed by atoms with Gasteiger partial charge in [0.25, 0.3) is 0 Å². The summed E-state index contributed by atoms with van der Waals surface area (Å²) in [7, 11) is 0. The Balaban J connectivity index is 1.82. The van der Waals surface area contributed by atoms with Crippen LogP contribution in [0.25, 0.3) is 0 Å². The number of fused-ring (bicyclic) bond motifs is 2. The van der Waals surface area contributed by atoms with E-state index in [0.717, 1.165) is 17.7 Å². The largest absolute Gasteiger partial charge is 0.550 e. The number of carboxylic acids is 1. The van der Waals surface area contributed by atoms with E-state index in [1.54, 1.807) is 0 Å². The SMILES string of the molecule is Cc1ccccc1NC(=O)[C@@H]1[C@@H](C(=O)[O-])[C@H]2C=C[C@@H]1C2. The number of nitrogens with one attached hydrogen (secondary N) is 1. The van der Waals surface area contributed by atoms with Crippen LogP contribution in [0.3, 0.4) is 0 Å². The van der Waals surface area contributed by atoms with Gasteiger partial charge in [0.2, 0.25) is 5.91 Å². The summed E-state index contributed by atoms with van der Waals surface area (Å²) < 4.78 is 0. The molecule has 0 saturated heterocycles. The summed E-state index contributed by atoms with van der Waals surface area (Å²) in [4.78, 5) is 23.7. The Morgan fingerprint density at radius 2 is 1.80 bits per heavy atom. The molecule has 20 heavy (non-hydrogen) atoms. The smallest absolute Gasteiger partial charge is 0.228 e. The zero-order valence-electron chi connectivity index (χ0n) is 11.2. The average Bonchev–Trinajstić information content (AvgIpc) is 3.01. The Morgan fingerprint density at radius 1 is 1.15 bits per heavy atom. The number of hydrogen-bond acceptors (Lipinski definition) is 3. The number of aliphatic carboxylic acids is 1. The number of rotatable bonds is 3. The van der Waals surface area contributed by atoms with Gasteiger partial charge in [-0.15, -0.1) is 0 Å². The second-order valence-electron chi connectivity index (χ2n) is 5.62. The molecule has 4 nitrogen and oxygen atoms in total. The minimum atomic E-state index is -1.12. The normalized spacial score (nSPS) is 30.4. The summed E-state index contributed by atoms with van der Waals surface area (Å²) in [6, 6.07) is 7.48. The van der Waals surface area contributed by atoms with Crippen molar-refractivity contribution in [2.24, 2.45) is 23.7 Å². The van der Waals surface area contributed by atoms with Crippen LogP contribution in [0.4, 0.5) is 5.69 Å². The highest BCUT2D eigenvalue weighted by Gasteiger charge is 2.48. The topological polar surface area (TPSA) is 69.2 Å². The van der Waals surface area contributed by atoms with Gasteiger partial charge in [-0.05, 0) is 36.8 Å². The van der Waals surface area contributed by atoms with Gasteiger partial charge in [-0.3, -0.25) is 4.79 Å². The van der Waals surface area contributed by atoms with E-state index in [4.69, 9.17) is 0 Å². The number of carbonyl (C=O) groups is 2. The number of para-hydroxylation sites is 1. The quantitative estimate of drug-likeness (QED) is 0.837. The molecule has 0 aromatic heterocycles. The molecule has 1 fully saturated rings. The molecule has 1 saturated carbocycles. The lowest BCUT2D eigenvalue weighted by Gasteiger charge is -2.28. The molecule has 3 rings (SSSR count). The highest BCUT2D eigenvalue weighted by molar-refractivity contribution is 5.96. The molecule has 4 atom stereocenters. The Labute approximate surface area is 117 Å². The summed E-state index contributed by atoms with van der Waals surface area (Å²) in [5.74, 6) is -2.59. The van der Waals surface area contributed by atoms with Gasteiger partial charge in [0.1, 0.15) is 0 Å². The number of benzene rings is 1. The third-order valence-electron chi connectivity index (χ3n) is 4.44. The number of aryl methyl sites for hydroxylation is 1. The number of carboxylic acid groups (broad SMARTS) is 1. The van der Waals surface area contributed by atoms with Crippen LogP contribution in [0, 0.1) is 30.6 Å². The van der Waals surface area contributed by atoms with Crippen molar-refractivity contribution >= 4 is 17.6 Å². The van der Waals surface area contributed by atoms with Crippen LogP contribution in [0.15, 0.2) is 36.4 Å². The molecule has 0 radical (unpaired) electrons. The fourth-order valence-electron chi connectivity index (χ4n) is 3.43. The van der Waals surface area contributed by atoms with E-state index in [9.17, 15) is 14.7 Å². The van der Waals surface area contributed by atoms with Crippen LogP contribution < -0.4 is 10.4 Å². The Morgan fingerprint density at radius 3 is 2.45 bits per heavy atom. The summed E-state index contributed by atoms with van der Waals surface area (Å²) in [6.45, 7) is 1.91. The van der Waals surface area contributed by atoms with Crippen molar-refractivity contribution in [3.63, 3.8) is 0 Å². The van der Waals surface area contributed by atoms with Crippen molar-refractivity contribution in [2.45, 2.75) is 13.3 Å². The highest BCUT2D eigenvalue weighted by atomic mass is 16.4. The molecule has 1 aromatic rings. The molecule has 1 amide bonds. The molecule has 4 heteroatoms. The van der Waals surface area contributed by atoms with Crippen molar-refractivity contribution in [3.05, 3.63) is 42.0 Å². The maximum Gasteiger partial charge on any atom is 0.228 e. The van der Waals surface area contributed by atoms with Gasteiger partial charge in [-0.25, -0.2) is 0 Å². The van der Waals surface area contributed by atoms with E-state index in [2.05, 4.69) is 5.32 Å². The first-order valence-corrected chi connectivity index (χ1v) is 6.83. The minimum absolute atomic E-state index is 0.0203. The van der Waals surface area contributed by atoms with E-state index in [1.165, 1.54) is 0 Å². The Bertz CT molecular complexity index is 593. The monoisotopic (exact) mass is 270 g/mol. The maximum atomic E-state index is 12.4. The fourth-order valence-corrected chi connectivity index (χ4v) is 3.43. The summed E-state index contributed by atoms with van der Waals surface area (Å²) >= 11 is 0. The summed E-state index contributed by atoms with van der Waals surface area (Å²) in [6.07, 6.45) is 4.61. The summed E-state index contributed by atoms with van der Waals surface area (Å²) in [5.41, 5.74) is 1.70. The predicted molar refractivity (Wildman–Crippen MR) is 72.5 cm³/mol. The fraction of sp³-hybridized carbons (Fsp3) is 0.375. The predicted octanol–water partition coefficient (Wildman–Crippen LogP) is 1.12. The average molecular weight is 270 g/mol. The molecule has 0 heterocycles. The van der Waals surface area contributed by atoms with Gasteiger partial charge in [0, 0.05) is 17.6 Å². The summed E-state index contributed by atoms with van der Waals surface area (Å²) in [5, 5.41) is 14.2. The number of amides is 1. The Hall–Kier alpha value is -2.10. The van der Waals surface area contributed by atoms with Gasteiger partial charge in [-0.2, -0.15) is 0 Å². The van der Waals surface area contributed by atoms with Gasteiger partial charge in [0.05, 0.1) is 5.92 Å². The van der Waals surface area contributed by atoms with Crippen molar-refractivity contribution in [2.75, 3.05) is 5.32 Å². The number of allylic oxidation sites excluding steroid dienone is 2. The Kier molecular flexibility index (Phi) is 3.08. The number of carbonyl (C=O) groups excluding carboxylic acids is 2. The van der Waals surface area contributed by atoms with Crippen LogP contribution in [0.2, 0.25) is 0 Å². The van der Waals surface area contributed by atoms with Gasteiger partial charge in [0.15, 0.2) is 0 Å². The number of hydrogen-bond donors (Lipinski definition) is 1. The van der Waals surface area contributed by atoms with E-state index in [1.807, 2.05) is 43.3 Å². The lowest BCUT2D eigenvalue weighted by Crippen LogP contribution is -2.42. The molecule has 104 valence electrons. The highest BCUT2D eigenvalue weighted by Crippen LogP contribution is 2.48. The van der Waals surface area contributed by atoms with Crippen molar-refractivity contribution < 1.29 is 14.7 Å². The van der Waals surface area contributed by atoms with Crippen LogP contribution in [-0.2, 0) is 9.59 Å². The van der Waals surface area contributed by atoms with E-state index in [0.29, 0.717) is 0 Å². The van der Waals surface area contributed by atoms with Crippen LogP contribution in [0.5, 0.6) is 0 Å². The molecule has 0 unspecified atom stereocenters. The van der Waals surface area contributed by atoms with Crippen molar-refractivity contribution in [1.82, 2.24) is 0 Å². The number of anilines is 1. The van der Waals surface area contributed by atoms with Crippen LogP contribution in [-0.4, -0.2) is 11.9 Å². The minimum Gasteiger partial charge on any atom is -0.550 e. The molecule has 1 aromatic carbocycles. The van der Waals surface area contributed by atoms with Gasteiger partial charge < -0.3 is 15.2 Å². The first kappa shape index (κ1) is 12.9.